The fourth-order valence-electron chi connectivity index (χ4n) is 1.67. The number of carboxylic acid groups (broad SMARTS) is 1. The van der Waals surface area contributed by atoms with Crippen molar-refractivity contribution in [2.75, 3.05) is 27.4 Å². The Hall–Kier alpha value is -1.95. The molecule has 2 N–H and O–H groups in total. The molecule has 0 bridgehead atoms. The van der Waals surface area contributed by atoms with Crippen LogP contribution in [0, 0.1) is 0 Å². The average Bonchev–Trinajstić information content (AvgIpc) is 2.44. The third kappa shape index (κ3) is 4.03. The summed E-state index contributed by atoms with van der Waals surface area (Å²) in [6.07, 6.45) is 0. The van der Waals surface area contributed by atoms with Gasteiger partial charge in [-0.15, -0.1) is 0 Å². The molecule has 1 aromatic carbocycles. The molecule has 1 aromatic rings. The van der Waals surface area contributed by atoms with Gasteiger partial charge in [-0.05, 0) is 13.5 Å². The van der Waals surface area contributed by atoms with Crippen molar-refractivity contribution in [3.8, 4) is 17.2 Å². The van der Waals surface area contributed by atoms with Crippen LogP contribution in [0.1, 0.15) is 13.8 Å². The highest BCUT2D eigenvalue weighted by Gasteiger charge is 2.33. The number of methoxy groups -OCH3 is 2. The van der Waals surface area contributed by atoms with Gasteiger partial charge in [-0.3, -0.25) is 10.1 Å². The van der Waals surface area contributed by atoms with Gasteiger partial charge in [0.1, 0.15) is 29.4 Å². The normalized spacial score (nSPS) is 13.4. The van der Waals surface area contributed by atoms with E-state index in [0.717, 1.165) is 0 Å². The van der Waals surface area contributed by atoms with Gasteiger partial charge in [-0.1, -0.05) is 6.92 Å². The molecule has 20 heavy (non-hydrogen) atoms. The van der Waals surface area contributed by atoms with E-state index in [1.807, 2.05) is 6.92 Å². The molecule has 0 amide bonds. The summed E-state index contributed by atoms with van der Waals surface area (Å²) in [5.41, 5.74) is -1.15. The summed E-state index contributed by atoms with van der Waals surface area (Å²) in [7, 11) is 3.08. The van der Waals surface area contributed by atoms with E-state index < -0.39 is 11.5 Å². The minimum Gasteiger partial charge on any atom is -0.496 e. The molecular weight excluding hydrogens is 262 g/mol. The monoisotopic (exact) mass is 283 g/mol. The van der Waals surface area contributed by atoms with Gasteiger partial charge in [0, 0.05) is 18.2 Å². The van der Waals surface area contributed by atoms with Crippen molar-refractivity contribution < 1.29 is 24.1 Å². The standard InChI is InChI=1S/C14H21NO5/c1-5-15-14(2,13(16)17)9-20-12-7-10(18-3)6-11(8-12)19-4/h6-8,15H,5,9H2,1-4H3,(H,16,17). The molecule has 0 spiro atoms. The first-order chi connectivity index (χ1) is 9.45. The molecular formula is C14H21NO5. The maximum Gasteiger partial charge on any atom is 0.327 e. The Morgan fingerprint density at radius 3 is 2.10 bits per heavy atom. The van der Waals surface area contributed by atoms with E-state index in [1.54, 1.807) is 39.3 Å². The lowest BCUT2D eigenvalue weighted by atomic mass is 10.0. The molecule has 0 fully saturated rings. The number of likely N-dealkylation sites (N-methyl/N-ethyl adjacent to an activating group) is 1. The molecule has 0 saturated carbocycles. The quantitative estimate of drug-likeness (QED) is 0.753. The van der Waals surface area contributed by atoms with Gasteiger partial charge in [0.05, 0.1) is 14.2 Å². The summed E-state index contributed by atoms with van der Waals surface area (Å²) in [6, 6.07) is 5.07. The lowest BCUT2D eigenvalue weighted by Gasteiger charge is -2.25. The third-order valence-electron chi connectivity index (χ3n) is 2.89. The maximum absolute atomic E-state index is 11.3. The number of carboxylic acids is 1. The molecule has 0 radical (unpaired) electrons. The fraction of sp³-hybridized carbons (Fsp3) is 0.500. The van der Waals surface area contributed by atoms with Gasteiger partial charge < -0.3 is 19.3 Å². The van der Waals surface area contributed by atoms with E-state index >= 15 is 0 Å². The second kappa shape index (κ2) is 7.00. The van der Waals surface area contributed by atoms with E-state index in [1.165, 1.54) is 0 Å². The topological polar surface area (TPSA) is 77.0 Å². The van der Waals surface area contributed by atoms with Crippen molar-refractivity contribution in [2.45, 2.75) is 19.4 Å². The van der Waals surface area contributed by atoms with Crippen LogP contribution in [0.4, 0.5) is 0 Å². The highest BCUT2D eigenvalue weighted by Crippen LogP contribution is 2.27. The zero-order chi connectivity index (χ0) is 15.2. The van der Waals surface area contributed by atoms with Crippen LogP contribution < -0.4 is 19.5 Å². The maximum atomic E-state index is 11.3. The van der Waals surface area contributed by atoms with Crippen molar-refractivity contribution in [1.29, 1.82) is 0 Å². The first-order valence-electron chi connectivity index (χ1n) is 6.29. The number of hydrogen-bond donors (Lipinski definition) is 2. The van der Waals surface area contributed by atoms with Gasteiger partial charge in [0.15, 0.2) is 0 Å². The Kier molecular flexibility index (Phi) is 5.64. The van der Waals surface area contributed by atoms with E-state index in [4.69, 9.17) is 14.2 Å². The van der Waals surface area contributed by atoms with E-state index in [-0.39, 0.29) is 6.61 Å². The molecule has 112 valence electrons. The molecule has 6 heteroatoms. The fourth-order valence-corrected chi connectivity index (χ4v) is 1.67. The Bertz CT molecular complexity index is 441. The zero-order valence-corrected chi connectivity index (χ0v) is 12.2. The summed E-state index contributed by atoms with van der Waals surface area (Å²) in [6.45, 7) is 3.95. The van der Waals surface area contributed by atoms with Crippen LogP contribution in [-0.2, 0) is 4.79 Å². The highest BCUT2D eigenvalue weighted by atomic mass is 16.5. The highest BCUT2D eigenvalue weighted by molar-refractivity contribution is 5.78. The summed E-state index contributed by atoms with van der Waals surface area (Å²) < 4.78 is 15.8. The van der Waals surface area contributed by atoms with Crippen molar-refractivity contribution >= 4 is 5.97 Å². The molecule has 0 aromatic heterocycles. The predicted octanol–water partition coefficient (Wildman–Crippen LogP) is 1.54. The Balaban J connectivity index is 2.84. The van der Waals surface area contributed by atoms with Crippen LogP contribution in [0.5, 0.6) is 17.2 Å². The van der Waals surface area contributed by atoms with Gasteiger partial charge in [0.2, 0.25) is 0 Å². The minimum absolute atomic E-state index is 0.00745. The Morgan fingerprint density at radius 2 is 1.70 bits per heavy atom. The average molecular weight is 283 g/mol. The Labute approximate surface area is 118 Å². The number of rotatable bonds is 8. The molecule has 1 rings (SSSR count). The second-order valence-corrected chi connectivity index (χ2v) is 4.50. The largest absolute Gasteiger partial charge is 0.496 e. The van der Waals surface area contributed by atoms with Gasteiger partial charge in [0.25, 0.3) is 0 Å². The van der Waals surface area contributed by atoms with Crippen molar-refractivity contribution in [3.05, 3.63) is 18.2 Å². The molecule has 0 aliphatic heterocycles. The number of nitrogens with one attached hydrogen (secondary N) is 1. The van der Waals surface area contributed by atoms with Gasteiger partial charge in [-0.2, -0.15) is 0 Å². The number of hydrogen-bond acceptors (Lipinski definition) is 5. The van der Waals surface area contributed by atoms with Crippen molar-refractivity contribution in [1.82, 2.24) is 5.32 Å². The van der Waals surface area contributed by atoms with Gasteiger partial charge >= 0.3 is 5.97 Å². The van der Waals surface area contributed by atoms with E-state index in [0.29, 0.717) is 23.8 Å². The van der Waals surface area contributed by atoms with Crippen LogP contribution in [0.15, 0.2) is 18.2 Å². The van der Waals surface area contributed by atoms with Crippen LogP contribution in [0.25, 0.3) is 0 Å². The number of benzene rings is 1. The zero-order valence-electron chi connectivity index (χ0n) is 12.2. The summed E-state index contributed by atoms with van der Waals surface area (Å²) in [5, 5.41) is 12.2. The molecule has 6 nitrogen and oxygen atoms in total. The lowest BCUT2D eigenvalue weighted by molar-refractivity contribution is -0.145. The lowest BCUT2D eigenvalue weighted by Crippen LogP contribution is -2.53. The SMILES string of the molecule is CCNC(C)(COc1cc(OC)cc(OC)c1)C(=O)O. The first kappa shape index (κ1) is 16.1. The van der Waals surface area contributed by atoms with Crippen LogP contribution in [0.3, 0.4) is 0 Å². The molecule has 0 aliphatic rings. The van der Waals surface area contributed by atoms with E-state index in [2.05, 4.69) is 5.32 Å². The minimum atomic E-state index is -1.15. The summed E-state index contributed by atoms with van der Waals surface area (Å²) in [5.74, 6) is 0.695. The number of aliphatic carboxylic acids is 1. The third-order valence-corrected chi connectivity index (χ3v) is 2.89. The van der Waals surface area contributed by atoms with Crippen LogP contribution >= 0.6 is 0 Å². The van der Waals surface area contributed by atoms with E-state index in [9.17, 15) is 9.90 Å². The first-order valence-corrected chi connectivity index (χ1v) is 6.29. The molecule has 0 aliphatic carbocycles. The van der Waals surface area contributed by atoms with Crippen LogP contribution in [-0.4, -0.2) is 44.0 Å². The molecule has 1 unspecified atom stereocenters. The van der Waals surface area contributed by atoms with Crippen molar-refractivity contribution in [2.24, 2.45) is 0 Å². The molecule has 1 atom stereocenters. The predicted molar refractivity (Wildman–Crippen MR) is 74.8 cm³/mol. The Morgan fingerprint density at radius 1 is 1.20 bits per heavy atom. The smallest absolute Gasteiger partial charge is 0.327 e. The van der Waals surface area contributed by atoms with Crippen LogP contribution in [0.2, 0.25) is 0 Å². The summed E-state index contributed by atoms with van der Waals surface area (Å²) >= 11 is 0. The second-order valence-electron chi connectivity index (χ2n) is 4.50. The molecule has 0 saturated heterocycles. The van der Waals surface area contributed by atoms with Crippen molar-refractivity contribution in [3.63, 3.8) is 0 Å². The summed E-state index contributed by atoms with van der Waals surface area (Å²) in [4.78, 5) is 11.3. The van der Waals surface area contributed by atoms with Gasteiger partial charge in [-0.25, -0.2) is 0 Å². The number of carbonyl (C=O) groups is 1. The molecule has 0 heterocycles. The number of ether oxygens (including phenoxy) is 3.